The van der Waals surface area contributed by atoms with Gasteiger partial charge in [-0.25, -0.2) is 0 Å². The van der Waals surface area contributed by atoms with Crippen LogP contribution >= 0.6 is 0 Å². The van der Waals surface area contributed by atoms with Crippen LogP contribution in [0.2, 0.25) is 0 Å². The van der Waals surface area contributed by atoms with E-state index in [0.717, 1.165) is 0 Å². The molecule has 0 bridgehead atoms. The van der Waals surface area contributed by atoms with Crippen LogP contribution in [-0.2, 0) is 9.59 Å². The molecule has 1 amide bonds. The van der Waals surface area contributed by atoms with Gasteiger partial charge in [-0.1, -0.05) is 0 Å². The van der Waals surface area contributed by atoms with Crippen molar-refractivity contribution in [2.45, 2.75) is 6.17 Å². The SMILES string of the molecule is O=C1NN2C=CC=NC2C1=O. The van der Waals surface area contributed by atoms with Crippen molar-refractivity contribution in [3.8, 4) is 0 Å². The maximum Gasteiger partial charge on any atom is 0.310 e. The largest absolute Gasteiger partial charge is 0.310 e. The van der Waals surface area contributed by atoms with Crippen molar-refractivity contribution < 1.29 is 9.59 Å². The van der Waals surface area contributed by atoms with Crippen molar-refractivity contribution in [2.24, 2.45) is 4.99 Å². The lowest BCUT2D eigenvalue weighted by Crippen LogP contribution is -2.34. The minimum absolute atomic E-state index is 0.509. The summed E-state index contributed by atoms with van der Waals surface area (Å²) in [5, 5.41) is 1.38. The van der Waals surface area contributed by atoms with Gasteiger partial charge in [0.15, 0.2) is 0 Å². The summed E-state index contributed by atoms with van der Waals surface area (Å²) in [5.41, 5.74) is 2.35. The average Bonchev–Trinajstić information content (AvgIpc) is 2.30. The van der Waals surface area contributed by atoms with E-state index in [1.807, 2.05) is 0 Å². The number of aliphatic imine (C=N–C) groups is 1. The van der Waals surface area contributed by atoms with E-state index in [1.165, 1.54) is 11.2 Å². The highest BCUT2D eigenvalue weighted by molar-refractivity contribution is 6.39. The van der Waals surface area contributed by atoms with E-state index in [4.69, 9.17) is 0 Å². The zero-order valence-electron chi connectivity index (χ0n) is 5.52. The van der Waals surface area contributed by atoms with E-state index < -0.39 is 17.9 Å². The first-order chi connectivity index (χ1) is 5.29. The third-order valence-corrected chi connectivity index (χ3v) is 1.51. The van der Waals surface area contributed by atoms with Crippen molar-refractivity contribution >= 4 is 17.9 Å². The summed E-state index contributed by atoms with van der Waals surface area (Å²) in [5.74, 6) is -1.11. The third kappa shape index (κ3) is 0.739. The van der Waals surface area contributed by atoms with Crippen LogP contribution in [0.25, 0.3) is 0 Å². The number of carbonyl (C=O) groups excluding carboxylic acids is 2. The standard InChI is InChI=1S/C6H5N3O2/c10-4-5-7-2-1-3-9(5)8-6(4)11/h1-3,5H,(H,8,11). The number of allylic oxidation sites excluding steroid dienone is 1. The third-order valence-electron chi connectivity index (χ3n) is 1.51. The number of hydrogen-bond donors (Lipinski definition) is 1. The van der Waals surface area contributed by atoms with E-state index in [9.17, 15) is 9.59 Å². The summed E-state index contributed by atoms with van der Waals surface area (Å²) >= 11 is 0. The zero-order chi connectivity index (χ0) is 7.84. The van der Waals surface area contributed by atoms with Gasteiger partial charge >= 0.3 is 5.91 Å². The minimum atomic E-state index is -0.674. The second-order valence-corrected chi connectivity index (χ2v) is 2.23. The molecule has 1 N–H and O–H groups in total. The molecule has 0 aromatic rings. The smallest absolute Gasteiger partial charge is 0.284 e. The van der Waals surface area contributed by atoms with E-state index in [1.54, 1.807) is 12.3 Å². The number of rotatable bonds is 0. The van der Waals surface area contributed by atoms with Gasteiger partial charge in [0.2, 0.25) is 6.17 Å². The Balaban J connectivity index is 2.34. The predicted molar refractivity (Wildman–Crippen MR) is 36.4 cm³/mol. The highest BCUT2D eigenvalue weighted by Crippen LogP contribution is 2.10. The summed E-state index contributed by atoms with van der Waals surface area (Å²) in [6.45, 7) is 0. The lowest BCUT2D eigenvalue weighted by molar-refractivity contribution is -0.135. The lowest BCUT2D eigenvalue weighted by Gasteiger charge is -2.17. The molecular formula is C6H5N3O2. The van der Waals surface area contributed by atoms with Gasteiger partial charge in [0, 0.05) is 12.4 Å². The normalized spacial score (nSPS) is 27.3. The number of Topliss-reactive ketones (excluding diaryl/α,β-unsaturated/α-hetero) is 1. The summed E-state index contributed by atoms with van der Waals surface area (Å²) in [6.07, 6.45) is 4.07. The van der Waals surface area contributed by atoms with Crippen molar-refractivity contribution in [1.29, 1.82) is 0 Å². The molecular weight excluding hydrogens is 146 g/mol. The molecule has 1 atom stereocenters. The lowest BCUT2D eigenvalue weighted by atomic mass is 10.3. The maximum atomic E-state index is 10.9. The molecule has 11 heavy (non-hydrogen) atoms. The van der Waals surface area contributed by atoms with Gasteiger partial charge in [-0.05, 0) is 6.08 Å². The number of nitrogens with one attached hydrogen (secondary N) is 1. The number of hydrogen-bond acceptors (Lipinski definition) is 4. The van der Waals surface area contributed by atoms with Crippen LogP contribution in [0.4, 0.5) is 0 Å². The number of hydrazine groups is 1. The number of nitrogens with zero attached hydrogens (tertiary/aromatic N) is 2. The van der Waals surface area contributed by atoms with Crippen LogP contribution in [-0.4, -0.2) is 29.1 Å². The van der Waals surface area contributed by atoms with E-state index in [2.05, 4.69) is 10.4 Å². The Morgan fingerprint density at radius 3 is 3.09 bits per heavy atom. The molecule has 5 heteroatoms. The maximum absolute atomic E-state index is 10.9. The Kier molecular flexibility index (Phi) is 1.06. The van der Waals surface area contributed by atoms with Crippen molar-refractivity contribution in [1.82, 2.24) is 10.4 Å². The molecule has 0 spiro atoms. The van der Waals surface area contributed by atoms with Crippen molar-refractivity contribution in [2.75, 3.05) is 0 Å². The minimum Gasteiger partial charge on any atom is -0.284 e. The molecule has 0 aromatic carbocycles. The molecule has 1 saturated heterocycles. The van der Waals surface area contributed by atoms with Gasteiger partial charge in [-0.15, -0.1) is 0 Å². The summed E-state index contributed by atoms with van der Waals surface area (Å²) in [7, 11) is 0. The molecule has 0 aromatic heterocycles. The Morgan fingerprint density at radius 1 is 1.55 bits per heavy atom. The van der Waals surface area contributed by atoms with Crippen molar-refractivity contribution in [3.63, 3.8) is 0 Å². The molecule has 5 nitrogen and oxygen atoms in total. The zero-order valence-corrected chi connectivity index (χ0v) is 5.52. The topological polar surface area (TPSA) is 61.8 Å². The van der Waals surface area contributed by atoms with Crippen LogP contribution in [0.15, 0.2) is 17.3 Å². The number of amides is 1. The van der Waals surface area contributed by atoms with Gasteiger partial charge in [-0.2, -0.15) is 0 Å². The second-order valence-electron chi connectivity index (χ2n) is 2.23. The monoisotopic (exact) mass is 151 g/mol. The Morgan fingerprint density at radius 2 is 2.36 bits per heavy atom. The molecule has 0 radical (unpaired) electrons. The number of fused-ring (bicyclic) bond motifs is 1. The van der Waals surface area contributed by atoms with Gasteiger partial charge in [0.25, 0.3) is 5.78 Å². The van der Waals surface area contributed by atoms with Crippen LogP contribution in [0.1, 0.15) is 0 Å². The van der Waals surface area contributed by atoms with Gasteiger partial charge in [0.1, 0.15) is 0 Å². The Hall–Kier alpha value is -1.65. The molecule has 2 aliphatic rings. The summed E-state index contributed by atoms with van der Waals surface area (Å²) in [4.78, 5) is 25.5. The van der Waals surface area contributed by atoms with Crippen LogP contribution in [0, 0.1) is 0 Å². The fraction of sp³-hybridized carbons (Fsp3) is 0.167. The van der Waals surface area contributed by atoms with Gasteiger partial charge in [0.05, 0.1) is 0 Å². The molecule has 56 valence electrons. The van der Waals surface area contributed by atoms with E-state index >= 15 is 0 Å². The van der Waals surface area contributed by atoms with Crippen LogP contribution in [0.3, 0.4) is 0 Å². The summed E-state index contributed by atoms with van der Waals surface area (Å²) < 4.78 is 0. The van der Waals surface area contributed by atoms with Crippen LogP contribution < -0.4 is 5.43 Å². The molecule has 0 saturated carbocycles. The van der Waals surface area contributed by atoms with Crippen molar-refractivity contribution in [3.05, 3.63) is 12.3 Å². The Bertz CT molecular complexity index is 282. The molecule has 1 fully saturated rings. The predicted octanol–water partition coefficient (Wildman–Crippen LogP) is -1.17. The van der Waals surface area contributed by atoms with E-state index in [0.29, 0.717) is 0 Å². The van der Waals surface area contributed by atoms with Gasteiger partial charge in [-0.3, -0.25) is 25.0 Å². The molecule has 0 aliphatic carbocycles. The Labute approximate surface area is 62.4 Å². The first-order valence-corrected chi connectivity index (χ1v) is 3.12. The first kappa shape index (κ1) is 6.09. The average molecular weight is 151 g/mol. The molecule has 2 rings (SSSR count). The van der Waals surface area contributed by atoms with Gasteiger partial charge < -0.3 is 0 Å². The van der Waals surface area contributed by atoms with E-state index in [-0.39, 0.29) is 0 Å². The number of ketones is 1. The van der Waals surface area contributed by atoms with Crippen LogP contribution in [0.5, 0.6) is 0 Å². The number of carbonyl (C=O) groups is 2. The first-order valence-electron chi connectivity index (χ1n) is 3.12. The summed E-state index contributed by atoms with van der Waals surface area (Å²) in [6, 6.07) is 0. The fourth-order valence-corrected chi connectivity index (χ4v) is 0.998. The highest BCUT2D eigenvalue weighted by atomic mass is 16.2. The highest BCUT2D eigenvalue weighted by Gasteiger charge is 2.37. The fourth-order valence-electron chi connectivity index (χ4n) is 0.998. The second kappa shape index (κ2) is 1.91. The molecule has 1 unspecified atom stereocenters. The molecule has 2 heterocycles. The molecule has 2 aliphatic heterocycles. The quantitative estimate of drug-likeness (QED) is 0.443.